The largest absolute Gasteiger partial charge is 0.322 e. The van der Waals surface area contributed by atoms with Gasteiger partial charge in [0, 0.05) is 29.4 Å². The van der Waals surface area contributed by atoms with Gasteiger partial charge in [0.15, 0.2) is 0 Å². The van der Waals surface area contributed by atoms with Crippen molar-refractivity contribution in [2.45, 2.75) is 4.90 Å². The van der Waals surface area contributed by atoms with E-state index in [4.69, 9.17) is 0 Å². The molecule has 0 aromatic heterocycles. The summed E-state index contributed by atoms with van der Waals surface area (Å²) in [6, 6.07) is 9.58. The Hall–Kier alpha value is -2.94. The van der Waals surface area contributed by atoms with Gasteiger partial charge in [-0.25, -0.2) is 0 Å². The molecule has 2 aromatic rings. The van der Waals surface area contributed by atoms with E-state index in [2.05, 4.69) is 5.32 Å². The third-order valence-corrected chi connectivity index (χ3v) is 3.74. The third-order valence-electron chi connectivity index (χ3n) is 2.95. The smallest absolute Gasteiger partial charge is 0.283 e. The summed E-state index contributed by atoms with van der Waals surface area (Å²) in [7, 11) is 0. The molecule has 0 spiro atoms. The maximum Gasteiger partial charge on any atom is 0.283 e. The lowest BCUT2D eigenvalue weighted by Gasteiger charge is -2.06. The van der Waals surface area contributed by atoms with E-state index in [0.29, 0.717) is 4.90 Å². The molecule has 1 N–H and O–H groups in total. The number of non-ortho nitro benzene ring substituents is 1. The Kier molecular flexibility index (Phi) is 4.91. The number of thioether (sulfide) groups is 1. The molecule has 9 heteroatoms. The van der Waals surface area contributed by atoms with E-state index in [9.17, 15) is 25.0 Å². The first kappa shape index (κ1) is 16.4. The van der Waals surface area contributed by atoms with Crippen molar-refractivity contribution in [3.05, 3.63) is 68.3 Å². The van der Waals surface area contributed by atoms with Gasteiger partial charge in [0.05, 0.1) is 14.7 Å². The fraction of sp³-hybridized carbons (Fsp3) is 0.0714. The van der Waals surface area contributed by atoms with E-state index in [1.807, 2.05) is 0 Å². The second-order valence-electron chi connectivity index (χ2n) is 4.41. The molecule has 23 heavy (non-hydrogen) atoms. The first-order chi connectivity index (χ1) is 10.9. The number of anilines is 1. The summed E-state index contributed by atoms with van der Waals surface area (Å²) < 4.78 is 0. The van der Waals surface area contributed by atoms with Crippen LogP contribution >= 0.6 is 11.8 Å². The minimum Gasteiger partial charge on any atom is -0.322 e. The van der Waals surface area contributed by atoms with Crippen molar-refractivity contribution in [2.75, 3.05) is 11.6 Å². The molecule has 0 saturated carbocycles. The van der Waals surface area contributed by atoms with Crippen molar-refractivity contribution in [1.82, 2.24) is 0 Å². The zero-order chi connectivity index (χ0) is 17.0. The molecule has 2 aromatic carbocycles. The molecule has 0 heterocycles. The summed E-state index contributed by atoms with van der Waals surface area (Å²) in [5.41, 5.74) is 0.0116. The Morgan fingerprint density at radius 3 is 2.43 bits per heavy atom. The highest BCUT2D eigenvalue weighted by Gasteiger charge is 2.17. The zero-order valence-electron chi connectivity index (χ0n) is 11.9. The number of amides is 1. The van der Waals surface area contributed by atoms with Gasteiger partial charge >= 0.3 is 0 Å². The number of nitrogens with one attached hydrogen (secondary N) is 1. The van der Waals surface area contributed by atoms with Gasteiger partial charge in [-0.1, -0.05) is 6.07 Å². The summed E-state index contributed by atoms with van der Waals surface area (Å²) in [5, 5.41) is 24.2. The Bertz CT molecular complexity index is 794. The molecule has 0 saturated heterocycles. The van der Waals surface area contributed by atoms with Crippen LogP contribution in [0, 0.1) is 20.2 Å². The fourth-order valence-electron chi connectivity index (χ4n) is 1.87. The zero-order valence-corrected chi connectivity index (χ0v) is 12.7. The van der Waals surface area contributed by atoms with Crippen LogP contribution in [0.2, 0.25) is 0 Å². The van der Waals surface area contributed by atoms with Gasteiger partial charge in [0.1, 0.15) is 0 Å². The van der Waals surface area contributed by atoms with Crippen LogP contribution in [0.1, 0.15) is 10.4 Å². The summed E-state index contributed by atoms with van der Waals surface area (Å²) in [4.78, 5) is 33.2. The molecule has 0 aliphatic carbocycles. The number of nitro groups is 2. The molecule has 118 valence electrons. The number of carbonyl (C=O) groups is 1. The molecule has 1 amide bonds. The van der Waals surface area contributed by atoms with Crippen LogP contribution in [0.15, 0.2) is 47.4 Å². The number of benzene rings is 2. The standard InChI is InChI=1S/C14H11N3O5S/c1-23-13-6-5-9(7-12(13)17(21)22)14(18)15-10-3-2-4-11(8-10)16(19)20/h2-8H,1H3,(H,15,18). The van der Waals surface area contributed by atoms with Gasteiger partial charge in [-0.2, -0.15) is 0 Å². The normalized spacial score (nSPS) is 10.1. The molecule has 0 unspecified atom stereocenters. The molecule has 8 nitrogen and oxygen atoms in total. The van der Waals surface area contributed by atoms with Crippen LogP contribution in [-0.4, -0.2) is 22.0 Å². The van der Waals surface area contributed by atoms with Crippen LogP contribution in [0.5, 0.6) is 0 Å². The minimum atomic E-state index is -0.582. The average Bonchev–Trinajstić information content (AvgIpc) is 2.54. The topological polar surface area (TPSA) is 115 Å². The third kappa shape index (κ3) is 3.83. The lowest BCUT2D eigenvalue weighted by molar-refractivity contribution is -0.387. The van der Waals surface area contributed by atoms with Crippen molar-refractivity contribution < 1.29 is 14.6 Å². The predicted octanol–water partition coefficient (Wildman–Crippen LogP) is 3.48. The number of hydrogen-bond donors (Lipinski definition) is 1. The second kappa shape index (κ2) is 6.88. The quantitative estimate of drug-likeness (QED) is 0.509. The SMILES string of the molecule is CSc1ccc(C(=O)Nc2cccc([N+](=O)[O-])c2)cc1[N+](=O)[O-]. The maximum atomic E-state index is 12.2. The predicted molar refractivity (Wildman–Crippen MR) is 85.9 cm³/mol. The minimum absolute atomic E-state index is 0.0982. The molecule has 0 aliphatic heterocycles. The number of nitro benzene ring substituents is 2. The molecule has 0 atom stereocenters. The lowest BCUT2D eigenvalue weighted by atomic mass is 10.2. The first-order valence-corrected chi connectivity index (χ1v) is 7.53. The van der Waals surface area contributed by atoms with E-state index >= 15 is 0 Å². The van der Waals surface area contributed by atoms with Gasteiger partial charge in [0.2, 0.25) is 0 Å². The fourth-order valence-corrected chi connectivity index (χ4v) is 2.42. The van der Waals surface area contributed by atoms with Crippen molar-refractivity contribution in [1.29, 1.82) is 0 Å². The highest BCUT2D eigenvalue weighted by molar-refractivity contribution is 7.98. The number of hydrogen-bond acceptors (Lipinski definition) is 6. The first-order valence-electron chi connectivity index (χ1n) is 6.30. The molecular formula is C14H11N3O5S. The van der Waals surface area contributed by atoms with Crippen molar-refractivity contribution >= 4 is 34.7 Å². The van der Waals surface area contributed by atoms with Gasteiger partial charge in [-0.3, -0.25) is 25.0 Å². The Morgan fingerprint density at radius 2 is 1.83 bits per heavy atom. The molecule has 2 rings (SSSR count). The van der Waals surface area contributed by atoms with Crippen LogP contribution in [0.4, 0.5) is 17.1 Å². The van der Waals surface area contributed by atoms with Crippen molar-refractivity contribution in [2.24, 2.45) is 0 Å². The maximum absolute atomic E-state index is 12.2. The highest BCUT2D eigenvalue weighted by atomic mass is 32.2. The van der Waals surface area contributed by atoms with Crippen LogP contribution in [0.3, 0.4) is 0 Å². The van der Waals surface area contributed by atoms with E-state index < -0.39 is 15.8 Å². The van der Waals surface area contributed by atoms with Crippen LogP contribution < -0.4 is 5.32 Å². The second-order valence-corrected chi connectivity index (χ2v) is 5.25. The van der Waals surface area contributed by atoms with E-state index in [1.165, 1.54) is 54.2 Å². The summed E-state index contributed by atoms with van der Waals surface area (Å²) >= 11 is 1.20. The van der Waals surface area contributed by atoms with Crippen molar-refractivity contribution in [3.63, 3.8) is 0 Å². The van der Waals surface area contributed by atoms with Crippen LogP contribution in [0.25, 0.3) is 0 Å². The van der Waals surface area contributed by atoms with E-state index in [0.717, 1.165) is 0 Å². The van der Waals surface area contributed by atoms with Gasteiger partial charge in [-0.05, 0) is 24.5 Å². The molecule has 0 fully saturated rings. The van der Waals surface area contributed by atoms with E-state index in [1.54, 1.807) is 6.26 Å². The summed E-state index contributed by atoms with van der Waals surface area (Å²) in [6.45, 7) is 0. The average molecular weight is 333 g/mol. The number of rotatable bonds is 5. The lowest BCUT2D eigenvalue weighted by Crippen LogP contribution is -2.12. The van der Waals surface area contributed by atoms with Gasteiger partial charge < -0.3 is 5.32 Å². The summed E-state index contributed by atoms with van der Waals surface area (Å²) in [5.74, 6) is -0.582. The Balaban J connectivity index is 2.27. The summed E-state index contributed by atoms with van der Waals surface area (Å²) in [6.07, 6.45) is 1.70. The molecule has 0 bridgehead atoms. The van der Waals surface area contributed by atoms with Crippen molar-refractivity contribution in [3.8, 4) is 0 Å². The molecule has 0 aliphatic rings. The molecular weight excluding hydrogens is 322 g/mol. The van der Waals surface area contributed by atoms with Gasteiger partial charge in [0.25, 0.3) is 17.3 Å². The Morgan fingerprint density at radius 1 is 1.09 bits per heavy atom. The Labute approximate surface area is 134 Å². The monoisotopic (exact) mass is 333 g/mol. The number of carbonyl (C=O) groups excluding carboxylic acids is 1. The van der Waals surface area contributed by atoms with Gasteiger partial charge in [-0.15, -0.1) is 11.8 Å². The highest BCUT2D eigenvalue weighted by Crippen LogP contribution is 2.28. The number of nitrogens with zero attached hydrogens (tertiary/aromatic N) is 2. The molecule has 0 radical (unpaired) electrons. The van der Waals surface area contributed by atoms with Crippen LogP contribution in [-0.2, 0) is 0 Å². The van der Waals surface area contributed by atoms with E-state index in [-0.39, 0.29) is 22.6 Å².